The second kappa shape index (κ2) is 12.5. The van der Waals surface area contributed by atoms with Crippen LogP contribution in [0.4, 0.5) is 0 Å². The smallest absolute Gasteiger partial charge is 0.309 e. The van der Waals surface area contributed by atoms with Gasteiger partial charge in [0.25, 0.3) is 0 Å². The summed E-state index contributed by atoms with van der Waals surface area (Å²) >= 11 is 0. The van der Waals surface area contributed by atoms with E-state index in [1.165, 1.54) is 57.8 Å². The Morgan fingerprint density at radius 3 is 2.18 bits per heavy atom. The predicted octanol–water partition coefficient (Wildman–Crippen LogP) is 7.34. The van der Waals surface area contributed by atoms with Crippen molar-refractivity contribution in [2.24, 2.45) is 17.3 Å². The molecular weight excluding hydrogens is 346 g/mol. The number of nitriles is 1. The van der Waals surface area contributed by atoms with Crippen LogP contribution in [0.1, 0.15) is 123 Å². The summed E-state index contributed by atoms with van der Waals surface area (Å²) in [4.78, 5) is 12.7. The molecule has 2 aliphatic rings. The topological polar surface area (TPSA) is 50.1 Å². The van der Waals surface area contributed by atoms with Crippen LogP contribution in [0.2, 0.25) is 0 Å². The maximum Gasteiger partial charge on any atom is 0.309 e. The lowest BCUT2D eigenvalue weighted by Gasteiger charge is -2.35. The molecule has 28 heavy (non-hydrogen) atoms. The molecule has 0 aromatic rings. The van der Waals surface area contributed by atoms with Crippen LogP contribution in [0.15, 0.2) is 0 Å². The molecule has 0 amide bonds. The lowest BCUT2D eigenvalue weighted by atomic mass is 9.69. The number of ether oxygens (including phenoxy) is 1. The molecule has 160 valence electrons. The van der Waals surface area contributed by atoms with E-state index in [1.54, 1.807) is 0 Å². The van der Waals surface area contributed by atoms with Crippen molar-refractivity contribution in [1.29, 1.82) is 5.26 Å². The third-order valence-electron chi connectivity index (χ3n) is 7.31. The van der Waals surface area contributed by atoms with Gasteiger partial charge in [0, 0.05) is 0 Å². The summed E-state index contributed by atoms with van der Waals surface area (Å²) in [6, 6.07) is 2.61. The summed E-state index contributed by atoms with van der Waals surface area (Å²) in [5, 5.41) is 9.72. The molecule has 0 aromatic carbocycles. The summed E-state index contributed by atoms with van der Waals surface area (Å²) in [6.45, 7) is 4.48. The van der Waals surface area contributed by atoms with Crippen LogP contribution in [0.3, 0.4) is 0 Å². The normalized spacial score (nSPS) is 30.5. The highest BCUT2D eigenvalue weighted by Crippen LogP contribution is 2.43. The van der Waals surface area contributed by atoms with Crippen molar-refractivity contribution >= 4 is 5.97 Å². The van der Waals surface area contributed by atoms with Gasteiger partial charge in [-0.3, -0.25) is 4.79 Å². The molecule has 2 aliphatic carbocycles. The molecule has 3 nitrogen and oxygen atoms in total. The molecule has 0 unspecified atom stereocenters. The van der Waals surface area contributed by atoms with E-state index < -0.39 is 0 Å². The van der Waals surface area contributed by atoms with E-state index >= 15 is 0 Å². The minimum atomic E-state index is -0.179. The van der Waals surface area contributed by atoms with Crippen LogP contribution >= 0.6 is 0 Å². The fraction of sp³-hybridized carbons (Fsp3) is 0.920. The summed E-state index contributed by atoms with van der Waals surface area (Å²) in [6.07, 6.45) is 19.3. The Balaban J connectivity index is 1.67. The second-order valence-corrected chi connectivity index (χ2v) is 9.55. The standard InChI is InChI=1S/C25H43NO2/c1-3-5-7-9-17-25(20-26)18-15-22(16-19-25)24(27)28-23-13-11-21(12-14-23)10-8-6-4-2/h21-23H,3-19H2,1-2H3/t21-,22-,23-,25+. The third-order valence-corrected chi connectivity index (χ3v) is 7.31. The summed E-state index contributed by atoms with van der Waals surface area (Å²) in [5.41, 5.74) is -0.179. The van der Waals surface area contributed by atoms with E-state index in [-0.39, 0.29) is 23.4 Å². The zero-order valence-electron chi connectivity index (χ0n) is 18.5. The highest BCUT2D eigenvalue weighted by Gasteiger charge is 2.38. The SMILES string of the molecule is CCCCCC[C@]1(C#N)CC[C@@H](C(=O)O[C@H]2CC[C@H](CCCCC)CC2)CC1. The van der Waals surface area contributed by atoms with Gasteiger partial charge in [-0.2, -0.15) is 5.26 Å². The van der Waals surface area contributed by atoms with Gasteiger partial charge in [0.05, 0.1) is 17.4 Å². The molecule has 0 aliphatic heterocycles. The van der Waals surface area contributed by atoms with Gasteiger partial charge in [-0.1, -0.05) is 65.2 Å². The van der Waals surface area contributed by atoms with Crippen LogP contribution in [-0.2, 0) is 9.53 Å². The number of carbonyl (C=O) groups is 1. The zero-order valence-corrected chi connectivity index (χ0v) is 18.5. The van der Waals surface area contributed by atoms with E-state index in [4.69, 9.17) is 4.74 Å². The molecule has 2 saturated carbocycles. The van der Waals surface area contributed by atoms with Crippen molar-refractivity contribution < 1.29 is 9.53 Å². The van der Waals surface area contributed by atoms with Crippen LogP contribution in [0.25, 0.3) is 0 Å². The summed E-state index contributed by atoms with van der Waals surface area (Å²) in [7, 11) is 0. The van der Waals surface area contributed by atoms with E-state index in [0.29, 0.717) is 0 Å². The highest BCUT2D eigenvalue weighted by molar-refractivity contribution is 5.72. The first kappa shape index (κ1) is 23.2. The van der Waals surface area contributed by atoms with Gasteiger partial charge in [-0.05, 0) is 63.7 Å². The Hall–Kier alpha value is -1.04. The Bertz CT molecular complexity index is 479. The number of hydrogen-bond donors (Lipinski definition) is 0. The van der Waals surface area contributed by atoms with E-state index in [0.717, 1.165) is 57.3 Å². The molecule has 0 aromatic heterocycles. The molecule has 0 spiro atoms. The molecule has 3 heteroatoms. The summed E-state index contributed by atoms with van der Waals surface area (Å²) < 4.78 is 5.90. The minimum Gasteiger partial charge on any atom is -0.462 e. The van der Waals surface area contributed by atoms with E-state index in [2.05, 4.69) is 19.9 Å². The average molecular weight is 390 g/mol. The van der Waals surface area contributed by atoms with Gasteiger partial charge < -0.3 is 4.74 Å². The van der Waals surface area contributed by atoms with Gasteiger partial charge in [0.15, 0.2) is 0 Å². The molecule has 0 radical (unpaired) electrons. The highest BCUT2D eigenvalue weighted by atomic mass is 16.5. The Morgan fingerprint density at radius 2 is 1.57 bits per heavy atom. The predicted molar refractivity (Wildman–Crippen MR) is 115 cm³/mol. The molecule has 0 atom stereocenters. The number of esters is 1. The lowest BCUT2D eigenvalue weighted by molar-refractivity contribution is -0.157. The van der Waals surface area contributed by atoms with E-state index in [9.17, 15) is 10.1 Å². The molecular formula is C25H43NO2. The fourth-order valence-electron chi connectivity index (χ4n) is 5.20. The number of unbranched alkanes of at least 4 members (excludes halogenated alkanes) is 5. The monoisotopic (exact) mass is 389 g/mol. The van der Waals surface area contributed by atoms with Crippen LogP contribution < -0.4 is 0 Å². The van der Waals surface area contributed by atoms with Crippen LogP contribution in [0, 0.1) is 28.6 Å². The van der Waals surface area contributed by atoms with Crippen molar-refractivity contribution in [3.8, 4) is 6.07 Å². The first-order valence-corrected chi connectivity index (χ1v) is 12.2. The quantitative estimate of drug-likeness (QED) is 0.274. The molecule has 2 fully saturated rings. The average Bonchev–Trinajstić information content (AvgIpc) is 2.73. The number of rotatable bonds is 11. The maximum atomic E-state index is 12.7. The number of carbonyl (C=O) groups excluding carboxylic acids is 1. The maximum absolute atomic E-state index is 12.7. The van der Waals surface area contributed by atoms with Gasteiger partial charge in [-0.25, -0.2) is 0 Å². The number of hydrogen-bond acceptors (Lipinski definition) is 3. The first-order valence-electron chi connectivity index (χ1n) is 12.2. The van der Waals surface area contributed by atoms with Gasteiger partial charge in [-0.15, -0.1) is 0 Å². The molecule has 2 rings (SSSR count). The van der Waals surface area contributed by atoms with Crippen molar-refractivity contribution in [3.63, 3.8) is 0 Å². The lowest BCUT2D eigenvalue weighted by Crippen LogP contribution is -2.33. The molecule has 0 heterocycles. The second-order valence-electron chi connectivity index (χ2n) is 9.55. The molecule has 0 bridgehead atoms. The third kappa shape index (κ3) is 7.41. The molecule has 0 N–H and O–H groups in total. The Morgan fingerprint density at radius 1 is 0.929 bits per heavy atom. The van der Waals surface area contributed by atoms with Crippen molar-refractivity contribution in [3.05, 3.63) is 0 Å². The van der Waals surface area contributed by atoms with Crippen LogP contribution in [0.5, 0.6) is 0 Å². The Labute approximate surface area is 173 Å². The summed E-state index contributed by atoms with van der Waals surface area (Å²) in [5.74, 6) is 0.895. The van der Waals surface area contributed by atoms with E-state index in [1.807, 2.05) is 0 Å². The first-order chi connectivity index (χ1) is 13.6. The Kier molecular flexibility index (Phi) is 10.4. The van der Waals surface area contributed by atoms with Gasteiger partial charge in [0.1, 0.15) is 6.10 Å². The minimum absolute atomic E-state index is 0.0203. The fourth-order valence-corrected chi connectivity index (χ4v) is 5.20. The van der Waals surface area contributed by atoms with Crippen molar-refractivity contribution in [2.45, 2.75) is 129 Å². The van der Waals surface area contributed by atoms with Gasteiger partial charge >= 0.3 is 5.97 Å². The van der Waals surface area contributed by atoms with Crippen molar-refractivity contribution in [1.82, 2.24) is 0 Å². The van der Waals surface area contributed by atoms with Gasteiger partial charge in [0.2, 0.25) is 0 Å². The zero-order chi connectivity index (χ0) is 20.2. The number of nitrogens with zero attached hydrogens (tertiary/aromatic N) is 1. The van der Waals surface area contributed by atoms with Crippen LogP contribution in [-0.4, -0.2) is 12.1 Å². The largest absolute Gasteiger partial charge is 0.462 e. The molecule has 0 saturated heterocycles. The van der Waals surface area contributed by atoms with Crippen molar-refractivity contribution in [2.75, 3.05) is 0 Å².